The molecule has 15 nitrogen and oxygen atoms in total. The standard InChI is InChI=1S/C42H50O15/c1-26(43)48-24-34-36(53-27(2)44)38(54-28(3)45)40(55-29(4)46)42(57-34)52-25-33-35(49-21-30-15-9-6-10-16-30)37(50-22-31-17-11-7-12-18-31)39(41(47-5)56-33)51-23-32-19-13-8-14-20-32/h6-20,33-42H,21-25H2,1-5H3/t33?,34?,35-,36-,37?,38?,39?,40?,41+,42+/m1/s1. The number of methoxy groups -OCH3 is 1. The molecule has 10 atom stereocenters. The topological polar surface area (TPSA) is 170 Å². The minimum absolute atomic E-state index is 0.165. The molecular weight excluding hydrogens is 744 g/mol. The molecule has 0 spiro atoms. The molecule has 2 heterocycles. The Bertz CT molecular complexity index is 1710. The number of hydrogen-bond acceptors (Lipinski definition) is 15. The van der Waals surface area contributed by atoms with Gasteiger partial charge in [0.15, 0.2) is 30.9 Å². The second-order valence-corrected chi connectivity index (χ2v) is 13.5. The summed E-state index contributed by atoms with van der Waals surface area (Å²) >= 11 is 0. The average Bonchev–Trinajstić information content (AvgIpc) is 3.19. The van der Waals surface area contributed by atoms with E-state index in [0.29, 0.717) is 0 Å². The third kappa shape index (κ3) is 12.9. The lowest BCUT2D eigenvalue weighted by atomic mass is 9.97. The number of hydrogen-bond donors (Lipinski definition) is 0. The highest BCUT2D eigenvalue weighted by molar-refractivity contribution is 5.68. The average molecular weight is 795 g/mol. The predicted octanol–water partition coefficient (Wildman–Crippen LogP) is 4.21. The third-order valence-electron chi connectivity index (χ3n) is 9.05. The summed E-state index contributed by atoms with van der Waals surface area (Å²) in [6.45, 7) is 4.53. The zero-order chi connectivity index (χ0) is 40.7. The summed E-state index contributed by atoms with van der Waals surface area (Å²) in [4.78, 5) is 48.9. The molecule has 0 N–H and O–H groups in total. The molecule has 0 aromatic heterocycles. The number of esters is 4. The van der Waals surface area contributed by atoms with E-state index in [4.69, 9.17) is 52.1 Å². The number of ether oxygens (including phenoxy) is 11. The molecule has 2 aliphatic rings. The normalized spacial score (nSPS) is 27.2. The molecule has 0 saturated carbocycles. The van der Waals surface area contributed by atoms with E-state index in [-0.39, 0.29) is 26.4 Å². The van der Waals surface area contributed by atoms with Crippen LogP contribution in [0, 0.1) is 0 Å². The summed E-state index contributed by atoms with van der Waals surface area (Å²) in [7, 11) is 1.49. The fourth-order valence-electron chi connectivity index (χ4n) is 6.58. The molecule has 3 aromatic carbocycles. The number of carbonyl (C=O) groups is 4. The first-order valence-electron chi connectivity index (χ1n) is 18.6. The molecule has 0 amide bonds. The summed E-state index contributed by atoms with van der Waals surface area (Å²) in [5.41, 5.74) is 2.71. The van der Waals surface area contributed by atoms with E-state index < -0.39 is 91.9 Å². The van der Waals surface area contributed by atoms with Crippen molar-refractivity contribution in [1.82, 2.24) is 0 Å². The van der Waals surface area contributed by atoms with Gasteiger partial charge in [-0.3, -0.25) is 19.2 Å². The maximum atomic E-state index is 12.5. The van der Waals surface area contributed by atoms with Crippen LogP contribution in [0.25, 0.3) is 0 Å². The maximum absolute atomic E-state index is 12.5. The molecule has 2 aliphatic heterocycles. The summed E-state index contributed by atoms with van der Waals surface area (Å²) in [6, 6.07) is 28.8. The molecule has 0 bridgehead atoms. The van der Waals surface area contributed by atoms with Crippen LogP contribution in [0.4, 0.5) is 0 Å². The van der Waals surface area contributed by atoms with Gasteiger partial charge in [0.05, 0.1) is 26.4 Å². The van der Waals surface area contributed by atoms with Gasteiger partial charge in [-0.25, -0.2) is 0 Å². The zero-order valence-corrected chi connectivity index (χ0v) is 32.6. The van der Waals surface area contributed by atoms with Gasteiger partial charge in [-0.15, -0.1) is 0 Å². The Labute approximate surface area is 331 Å². The minimum atomic E-state index is -1.46. The smallest absolute Gasteiger partial charge is 0.303 e. The zero-order valence-electron chi connectivity index (χ0n) is 32.6. The van der Waals surface area contributed by atoms with Gasteiger partial charge in [0.25, 0.3) is 0 Å². The highest BCUT2D eigenvalue weighted by Crippen LogP contribution is 2.34. The molecule has 0 aliphatic carbocycles. The van der Waals surface area contributed by atoms with Crippen molar-refractivity contribution in [1.29, 1.82) is 0 Å². The third-order valence-corrected chi connectivity index (χ3v) is 9.05. The second-order valence-electron chi connectivity index (χ2n) is 13.5. The van der Waals surface area contributed by atoms with Crippen LogP contribution in [0.5, 0.6) is 0 Å². The quantitative estimate of drug-likeness (QED) is 0.132. The van der Waals surface area contributed by atoms with Gasteiger partial charge in [-0.05, 0) is 16.7 Å². The fourth-order valence-corrected chi connectivity index (χ4v) is 6.58. The molecule has 3 aromatic rings. The van der Waals surface area contributed by atoms with Crippen molar-refractivity contribution < 1.29 is 71.3 Å². The Morgan fingerprint density at radius 3 is 1.35 bits per heavy atom. The van der Waals surface area contributed by atoms with Gasteiger partial charge in [0, 0.05) is 34.8 Å². The van der Waals surface area contributed by atoms with Crippen LogP contribution in [0.1, 0.15) is 44.4 Å². The summed E-state index contributed by atoms with van der Waals surface area (Å²) in [5, 5.41) is 0. The maximum Gasteiger partial charge on any atom is 0.303 e. The van der Waals surface area contributed by atoms with Gasteiger partial charge in [0.1, 0.15) is 37.1 Å². The lowest BCUT2D eigenvalue weighted by Gasteiger charge is -2.47. The van der Waals surface area contributed by atoms with Crippen LogP contribution in [0.15, 0.2) is 91.0 Å². The largest absolute Gasteiger partial charge is 0.463 e. The minimum Gasteiger partial charge on any atom is -0.463 e. The predicted molar refractivity (Wildman–Crippen MR) is 199 cm³/mol. The van der Waals surface area contributed by atoms with Gasteiger partial charge in [-0.1, -0.05) is 91.0 Å². The van der Waals surface area contributed by atoms with Gasteiger partial charge < -0.3 is 52.1 Å². The molecule has 2 saturated heterocycles. The number of benzene rings is 3. The van der Waals surface area contributed by atoms with Crippen molar-refractivity contribution in [2.45, 2.75) is 109 Å². The highest BCUT2D eigenvalue weighted by Gasteiger charge is 2.54. The Morgan fingerprint density at radius 1 is 0.456 bits per heavy atom. The van der Waals surface area contributed by atoms with E-state index >= 15 is 0 Å². The summed E-state index contributed by atoms with van der Waals surface area (Å²) in [5.74, 6) is -2.93. The first kappa shape index (κ1) is 43.4. The van der Waals surface area contributed by atoms with E-state index in [9.17, 15) is 19.2 Å². The van der Waals surface area contributed by atoms with E-state index in [1.807, 2.05) is 91.0 Å². The lowest BCUT2D eigenvalue weighted by Crippen LogP contribution is -2.64. The van der Waals surface area contributed by atoms with E-state index in [1.165, 1.54) is 14.0 Å². The monoisotopic (exact) mass is 794 g/mol. The van der Waals surface area contributed by atoms with Gasteiger partial charge >= 0.3 is 23.9 Å². The van der Waals surface area contributed by atoms with Crippen molar-refractivity contribution in [2.75, 3.05) is 20.3 Å². The van der Waals surface area contributed by atoms with E-state index in [1.54, 1.807) is 0 Å². The Hall–Kier alpha value is -4.74. The highest BCUT2D eigenvalue weighted by atomic mass is 16.8. The van der Waals surface area contributed by atoms with Crippen molar-refractivity contribution in [2.24, 2.45) is 0 Å². The molecule has 308 valence electrons. The van der Waals surface area contributed by atoms with Crippen LogP contribution < -0.4 is 0 Å². The van der Waals surface area contributed by atoms with Gasteiger partial charge in [0.2, 0.25) is 0 Å². The summed E-state index contributed by atoms with van der Waals surface area (Å²) < 4.78 is 66.7. The molecule has 5 rings (SSSR count). The first-order chi connectivity index (χ1) is 27.5. The molecule has 6 unspecified atom stereocenters. The van der Waals surface area contributed by atoms with Crippen molar-refractivity contribution >= 4 is 23.9 Å². The SMILES string of the molecule is CO[C@H]1OC(CO[C@H]2OC(COC(C)=O)[C@@H](OC(C)=O)C(OC(C)=O)C2OC(C)=O)[C@@H](OCc2ccccc2)C(OCc2ccccc2)C1OCc1ccccc1. The summed E-state index contributed by atoms with van der Waals surface area (Å²) in [6.07, 6.45) is -11.2. The van der Waals surface area contributed by atoms with Crippen LogP contribution >= 0.6 is 0 Å². The van der Waals surface area contributed by atoms with Gasteiger partial charge in [-0.2, -0.15) is 0 Å². The number of carbonyl (C=O) groups excluding carboxylic acids is 4. The molecule has 57 heavy (non-hydrogen) atoms. The number of rotatable bonds is 18. The van der Waals surface area contributed by atoms with Crippen LogP contribution in [0.2, 0.25) is 0 Å². The lowest BCUT2D eigenvalue weighted by molar-refractivity contribution is -0.342. The van der Waals surface area contributed by atoms with Crippen LogP contribution in [0.3, 0.4) is 0 Å². The Kier molecular flexibility index (Phi) is 16.5. The molecular formula is C42H50O15. The fraction of sp³-hybridized carbons (Fsp3) is 0.476. The Balaban J connectivity index is 1.48. The molecule has 15 heteroatoms. The van der Waals surface area contributed by atoms with Crippen molar-refractivity contribution in [3.05, 3.63) is 108 Å². The van der Waals surface area contributed by atoms with Crippen molar-refractivity contribution in [3.8, 4) is 0 Å². The van der Waals surface area contributed by atoms with E-state index in [0.717, 1.165) is 37.5 Å². The molecule has 0 radical (unpaired) electrons. The molecule has 2 fully saturated rings. The second kappa shape index (κ2) is 21.7. The van der Waals surface area contributed by atoms with Crippen LogP contribution in [-0.4, -0.2) is 106 Å². The van der Waals surface area contributed by atoms with Crippen molar-refractivity contribution in [3.63, 3.8) is 0 Å². The first-order valence-corrected chi connectivity index (χ1v) is 18.6. The van der Waals surface area contributed by atoms with Crippen LogP contribution in [-0.2, 0) is 91.1 Å². The van der Waals surface area contributed by atoms with E-state index in [2.05, 4.69) is 0 Å². The Morgan fingerprint density at radius 2 is 0.877 bits per heavy atom.